The monoisotopic (exact) mass is 394 g/mol. The molecule has 0 amide bonds. The highest BCUT2D eigenvalue weighted by Crippen LogP contribution is 2.44. The van der Waals surface area contributed by atoms with E-state index in [-0.39, 0.29) is 11.6 Å². The van der Waals surface area contributed by atoms with Gasteiger partial charge in [-0.25, -0.2) is 9.97 Å². The fourth-order valence-corrected chi connectivity index (χ4v) is 3.73. The zero-order valence-corrected chi connectivity index (χ0v) is 15.4. The van der Waals surface area contributed by atoms with Crippen molar-refractivity contribution in [2.75, 3.05) is 12.3 Å². The molecule has 1 unspecified atom stereocenters. The molecule has 5 rings (SSSR count). The quantitative estimate of drug-likeness (QED) is 0.415. The van der Waals surface area contributed by atoms with Crippen LogP contribution in [0.25, 0.3) is 33.3 Å². The number of hydrogen-bond acceptors (Lipinski definition) is 8. The molecule has 9 heteroatoms. The molecule has 4 aromatic rings. The maximum Gasteiger partial charge on any atom is 0.213 e. The standard InChI is InChI=1S/C20H18N4O5/c1-20(27)16(26)14(8-25)29-19(20)24-7-11(15-17(21)22-9-23-18(15)24)13-6-10-4-2-3-5-12(10)28-13/h2-7,9,19,25-27H,8H2,1H3,(H2,21,22,23)/t19-,20?/m1/s1. The predicted molar refractivity (Wildman–Crippen MR) is 105 cm³/mol. The van der Waals surface area contributed by atoms with E-state index >= 15 is 0 Å². The highest BCUT2D eigenvalue weighted by molar-refractivity contribution is 6.01. The summed E-state index contributed by atoms with van der Waals surface area (Å²) in [6.07, 6.45) is 1.92. The molecule has 29 heavy (non-hydrogen) atoms. The molecule has 4 heterocycles. The number of aromatic nitrogens is 3. The van der Waals surface area contributed by atoms with Gasteiger partial charge in [-0.15, -0.1) is 0 Å². The van der Waals surface area contributed by atoms with Gasteiger partial charge < -0.3 is 30.2 Å². The highest BCUT2D eigenvalue weighted by Gasteiger charge is 2.48. The summed E-state index contributed by atoms with van der Waals surface area (Å²) in [5, 5.41) is 32.0. The number of aliphatic hydroxyl groups is 3. The first-order chi connectivity index (χ1) is 13.9. The van der Waals surface area contributed by atoms with Gasteiger partial charge in [0.25, 0.3) is 0 Å². The molecule has 0 bridgehead atoms. The molecular formula is C20H18N4O5. The van der Waals surface area contributed by atoms with Crippen LogP contribution in [-0.4, -0.2) is 42.1 Å². The Morgan fingerprint density at radius 1 is 1.28 bits per heavy atom. The van der Waals surface area contributed by atoms with Crippen LogP contribution in [0.1, 0.15) is 13.2 Å². The molecule has 0 saturated heterocycles. The lowest BCUT2D eigenvalue weighted by atomic mass is 10.0. The Kier molecular flexibility index (Phi) is 3.61. The topological polar surface area (TPSA) is 140 Å². The van der Waals surface area contributed by atoms with Gasteiger partial charge in [-0.3, -0.25) is 4.57 Å². The Labute approximate surface area is 164 Å². The lowest BCUT2D eigenvalue weighted by Crippen LogP contribution is -2.35. The Balaban J connectivity index is 1.74. The molecule has 0 saturated carbocycles. The zero-order chi connectivity index (χ0) is 20.3. The van der Waals surface area contributed by atoms with Gasteiger partial charge in [0.1, 0.15) is 35.7 Å². The molecule has 2 atom stereocenters. The van der Waals surface area contributed by atoms with Gasteiger partial charge in [-0.2, -0.15) is 0 Å². The van der Waals surface area contributed by atoms with E-state index in [2.05, 4.69) is 9.97 Å². The number of furan rings is 1. The average Bonchev–Trinajstić information content (AvgIpc) is 3.35. The first-order valence-electron chi connectivity index (χ1n) is 8.94. The Hall–Kier alpha value is -3.56. The first kappa shape index (κ1) is 17.5. The van der Waals surface area contributed by atoms with E-state index in [1.807, 2.05) is 30.3 Å². The van der Waals surface area contributed by atoms with Crippen LogP contribution in [0.3, 0.4) is 0 Å². The lowest BCUT2D eigenvalue weighted by molar-refractivity contribution is -0.0741. The number of nitrogen functional groups attached to an aromatic ring is 1. The van der Waals surface area contributed by atoms with Crippen molar-refractivity contribution in [2.24, 2.45) is 0 Å². The van der Waals surface area contributed by atoms with Gasteiger partial charge in [0.05, 0.1) is 5.39 Å². The van der Waals surface area contributed by atoms with Crippen LogP contribution in [0.15, 0.2) is 58.8 Å². The van der Waals surface area contributed by atoms with E-state index in [1.165, 1.54) is 13.3 Å². The van der Waals surface area contributed by atoms with E-state index in [0.29, 0.717) is 27.9 Å². The number of benzene rings is 1. The molecule has 1 aliphatic rings. The third-order valence-corrected chi connectivity index (χ3v) is 5.20. The predicted octanol–water partition coefficient (Wildman–Crippen LogP) is 2.47. The average molecular weight is 394 g/mol. The Bertz CT molecular complexity index is 1250. The summed E-state index contributed by atoms with van der Waals surface area (Å²) in [6, 6.07) is 9.46. The number of fused-ring (bicyclic) bond motifs is 2. The van der Waals surface area contributed by atoms with Crippen molar-refractivity contribution in [2.45, 2.75) is 18.8 Å². The van der Waals surface area contributed by atoms with Crippen molar-refractivity contribution in [3.05, 3.63) is 54.4 Å². The summed E-state index contributed by atoms with van der Waals surface area (Å²) >= 11 is 0. The lowest BCUT2D eigenvalue weighted by Gasteiger charge is -2.26. The van der Waals surface area contributed by atoms with E-state index in [0.717, 1.165) is 5.39 Å². The number of aliphatic hydroxyl groups excluding tert-OH is 2. The van der Waals surface area contributed by atoms with Crippen molar-refractivity contribution < 1.29 is 24.5 Å². The van der Waals surface area contributed by atoms with Crippen LogP contribution >= 0.6 is 0 Å². The van der Waals surface area contributed by atoms with Crippen LogP contribution in [-0.2, 0) is 4.74 Å². The molecule has 5 N–H and O–H groups in total. The molecule has 0 aliphatic carbocycles. The number of para-hydroxylation sites is 1. The SMILES string of the molecule is CC1(O)C(O)=C(CO)O[C@H]1n1cc(-c2cc3ccccc3o2)c2c(N)ncnc21. The van der Waals surface area contributed by atoms with Crippen LogP contribution < -0.4 is 5.73 Å². The van der Waals surface area contributed by atoms with E-state index in [4.69, 9.17) is 14.9 Å². The van der Waals surface area contributed by atoms with E-state index in [9.17, 15) is 15.3 Å². The van der Waals surface area contributed by atoms with Crippen molar-refractivity contribution in [3.8, 4) is 11.3 Å². The minimum atomic E-state index is -1.78. The molecule has 148 valence electrons. The number of rotatable bonds is 3. The van der Waals surface area contributed by atoms with Gasteiger partial charge in [-0.05, 0) is 19.1 Å². The molecule has 1 aliphatic heterocycles. The van der Waals surface area contributed by atoms with Crippen LogP contribution in [0.5, 0.6) is 0 Å². The molecule has 1 aromatic carbocycles. The van der Waals surface area contributed by atoms with Gasteiger partial charge in [0.15, 0.2) is 17.1 Å². The number of nitrogens with two attached hydrogens (primary N) is 1. The molecule has 0 spiro atoms. The van der Waals surface area contributed by atoms with Crippen molar-refractivity contribution in [3.63, 3.8) is 0 Å². The minimum absolute atomic E-state index is 0.103. The Morgan fingerprint density at radius 3 is 2.79 bits per heavy atom. The number of anilines is 1. The molecule has 9 nitrogen and oxygen atoms in total. The number of ether oxygens (including phenoxy) is 1. The summed E-state index contributed by atoms with van der Waals surface area (Å²) in [7, 11) is 0. The largest absolute Gasteiger partial charge is 0.506 e. The Morgan fingerprint density at radius 2 is 2.07 bits per heavy atom. The van der Waals surface area contributed by atoms with E-state index in [1.54, 1.807) is 10.8 Å². The fourth-order valence-electron chi connectivity index (χ4n) is 3.73. The summed E-state index contributed by atoms with van der Waals surface area (Å²) < 4.78 is 13.2. The second kappa shape index (κ2) is 5.97. The summed E-state index contributed by atoms with van der Waals surface area (Å²) in [4.78, 5) is 8.38. The number of nitrogens with zero attached hydrogens (tertiary/aromatic N) is 3. The maximum atomic E-state index is 10.8. The van der Waals surface area contributed by atoms with Crippen molar-refractivity contribution >= 4 is 27.8 Å². The van der Waals surface area contributed by atoms with Crippen LogP contribution in [0.2, 0.25) is 0 Å². The van der Waals surface area contributed by atoms with Crippen molar-refractivity contribution in [1.82, 2.24) is 14.5 Å². The minimum Gasteiger partial charge on any atom is -0.506 e. The third-order valence-electron chi connectivity index (χ3n) is 5.20. The van der Waals surface area contributed by atoms with Crippen LogP contribution in [0.4, 0.5) is 5.82 Å². The molecule has 0 fully saturated rings. The summed E-state index contributed by atoms with van der Waals surface area (Å²) in [5.74, 6) is 0.253. The fraction of sp³-hybridized carbons (Fsp3) is 0.200. The van der Waals surface area contributed by atoms with Gasteiger partial charge in [0.2, 0.25) is 6.23 Å². The number of hydrogen-bond donors (Lipinski definition) is 4. The zero-order valence-electron chi connectivity index (χ0n) is 15.4. The molecular weight excluding hydrogens is 376 g/mol. The molecule has 3 aromatic heterocycles. The van der Waals surface area contributed by atoms with Gasteiger partial charge >= 0.3 is 0 Å². The second-order valence-corrected chi connectivity index (χ2v) is 7.10. The summed E-state index contributed by atoms with van der Waals surface area (Å²) in [6.45, 7) is 0.845. The smallest absolute Gasteiger partial charge is 0.213 e. The van der Waals surface area contributed by atoms with E-state index < -0.39 is 24.2 Å². The first-order valence-corrected chi connectivity index (χ1v) is 8.94. The van der Waals surface area contributed by atoms with Gasteiger partial charge in [0, 0.05) is 17.1 Å². The maximum absolute atomic E-state index is 10.8. The van der Waals surface area contributed by atoms with Crippen LogP contribution in [0, 0.1) is 0 Å². The summed E-state index contributed by atoms with van der Waals surface area (Å²) in [5.41, 5.74) is 6.08. The second-order valence-electron chi connectivity index (χ2n) is 7.10. The molecule has 0 radical (unpaired) electrons. The van der Waals surface area contributed by atoms with Gasteiger partial charge in [-0.1, -0.05) is 18.2 Å². The third kappa shape index (κ3) is 2.41. The highest BCUT2D eigenvalue weighted by atomic mass is 16.6. The van der Waals surface area contributed by atoms with Crippen molar-refractivity contribution in [1.29, 1.82) is 0 Å². The normalized spacial score (nSPS) is 22.0.